The lowest BCUT2D eigenvalue weighted by atomic mass is 9.64. The van der Waals surface area contributed by atoms with E-state index in [0.29, 0.717) is 0 Å². The second-order valence-electron chi connectivity index (χ2n) is 11.0. The number of ether oxygens (including phenoxy) is 1. The molecule has 3 aliphatic carbocycles. The fourth-order valence-corrected chi connectivity index (χ4v) is 7.12. The first kappa shape index (κ1) is 23.1. The van der Waals surface area contributed by atoms with Gasteiger partial charge in [0.15, 0.2) is 0 Å². The maximum Gasteiger partial charge on any atom is 0.132 e. The van der Waals surface area contributed by atoms with Crippen molar-refractivity contribution >= 4 is 11.1 Å². The molecule has 4 aliphatic rings. The minimum atomic E-state index is -0.415. The molecule has 190 valence electrons. The molecule has 0 fully saturated rings. The van der Waals surface area contributed by atoms with Crippen molar-refractivity contribution in [3.63, 3.8) is 0 Å². The van der Waals surface area contributed by atoms with Gasteiger partial charge in [0, 0.05) is 11.1 Å². The smallest absolute Gasteiger partial charge is 0.132 e. The summed E-state index contributed by atoms with van der Waals surface area (Å²) < 4.78 is 6.60. The minimum absolute atomic E-state index is 0.0334. The van der Waals surface area contributed by atoms with Gasteiger partial charge in [0.25, 0.3) is 0 Å². The van der Waals surface area contributed by atoms with Crippen LogP contribution in [0.3, 0.4) is 0 Å². The Morgan fingerprint density at radius 1 is 0.750 bits per heavy atom. The molecule has 0 aromatic heterocycles. The molecule has 4 aromatic rings. The number of allylic oxidation sites excluding steroid dienone is 8. The Morgan fingerprint density at radius 3 is 2.42 bits per heavy atom. The number of rotatable bonds is 2. The summed E-state index contributed by atoms with van der Waals surface area (Å²) in [4.78, 5) is 0. The lowest BCUT2D eigenvalue weighted by Gasteiger charge is -2.40. The van der Waals surface area contributed by atoms with Gasteiger partial charge in [-0.05, 0) is 88.1 Å². The molecule has 0 amide bonds. The van der Waals surface area contributed by atoms with Crippen molar-refractivity contribution in [2.75, 3.05) is 0 Å². The first-order valence-electron chi connectivity index (χ1n) is 14.1. The van der Waals surface area contributed by atoms with E-state index in [1.165, 1.54) is 55.7 Å². The van der Waals surface area contributed by atoms with E-state index in [9.17, 15) is 5.26 Å². The topological polar surface area (TPSA) is 33.0 Å². The molecule has 0 radical (unpaired) electrons. The van der Waals surface area contributed by atoms with Gasteiger partial charge < -0.3 is 4.74 Å². The van der Waals surface area contributed by atoms with Gasteiger partial charge in [-0.1, -0.05) is 97.1 Å². The van der Waals surface area contributed by atoms with Crippen molar-refractivity contribution in [2.24, 2.45) is 5.92 Å². The van der Waals surface area contributed by atoms with Crippen LogP contribution in [0, 0.1) is 17.2 Å². The molecule has 1 aliphatic heterocycles. The average Bonchev–Trinajstić information content (AvgIpc) is 3.32. The van der Waals surface area contributed by atoms with E-state index < -0.39 is 5.41 Å². The van der Waals surface area contributed by atoms with E-state index in [1.54, 1.807) is 0 Å². The average molecular weight is 514 g/mol. The second kappa shape index (κ2) is 8.83. The Kier molecular flexibility index (Phi) is 5.09. The molecule has 2 unspecified atom stereocenters. The molecule has 0 saturated carbocycles. The zero-order chi connectivity index (χ0) is 26.7. The summed E-state index contributed by atoms with van der Waals surface area (Å²) in [5, 5.41) is 9.27. The van der Waals surface area contributed by atoms with Gasteiger partial charge in [-0.2, -0.15) is 5.26 Å². The van der Waals surface area contributed by atoms with Crippen LogP contribution < -0.4 is 4.74 Å². The van der Waals surface area contributed by atoms with Crippen LogP contribution in [0.1, 0.15) is 47.1 Å². The maximum absolute atomic E-state index is 9.27. The molecular weight excluding hydrogens is 486 g/mol. The van der Waals surface area contributed by atoms with E-state index in [4.69, 9.17) is 4.74 Å². The number of benzene rings is 4. The minimum Gasteiger partial charge on any atom is -0.457 e. The summed E-state index contributed by atoms with van der Waals surface area (Å²) in [6, 6.07) is 35.3. The lowest BCUT2D eigenvalue weighted by molar-refractivity contribution is 0.435. The highest BCUT2D eigenvalue weighted by molar-refractivity contribution is 5.91. The molecule has 0 saturated heterocycles. The van der Waals surface area contributed by atoms with Crippen molar-refractivity contribution < 1.29 is 4.74 Å². The van der Waals surface area contributed by atoms with Crippen LogP contribution >= 0.6 is 0 Å². The number of fused-ring (bicyclic) bond motifs is 8. The first-order valence-corrected chi connectivity index (χ1v) is 14.1. The van der Waals surface area contributed by atoms with Crippen molar-refractivity contribution in [3.8, 4) is 28.7 Å². The summed E-state index contributed by atoms with van der Waals surface area (Å²) >= 11 is 0. The van der Waals surface area contributed by atoms with Gasteiger partial charge in [0.1, 0.15) is 11.5 Å². The number of nitriles is 1. The molecule has 2 nitrogen and oxygen atoms in total. The van der Waals surface area contributed by atoms with Crippen LogP contribution in [-0.2, 0) is 5.41 Å². The van der Waals surface area contributed by atoms with E-state index >= 15 is 0 Å². The highest BCUT2D eigenvalue weighted by atomic mass is 16.5. The van der Waals surface area contributed by atoms with Gasteiger partial charge in [0.05, 0.1) is 17.4 Å². The normalized spacial score (nSPS) is 21.6. The van der Waals surface area contributed by atoms with Crippen LogP contribution in [0.2, 0.25) is 0 Å². The third-order valence-corrected chi connectivity index (χ3v) is 8.92. The number of nitrogens with zero attached hydrogens (tertiary/aromatic N) is 1. The van der Waals surface area contributed by atoms with Gasteiger partial charge in [0.2, 0.25) is 0 Å². The van der Waals surface area contributed by atoms with Crippen LogP contribution in [-0.4, -0.2) is 0 Å². The van der Waals surface area contributed by atoms with Crippen molar-refractivity contribution in [1.29, 1.82) is 5.26 Å². The van der Waals surface area contributed by atoms with Crippen molar-refractivity contribution in [2.45, 2.75) is 24.7 Å². The summed E-state index contributed by atoms with van der Waals surface area (Å²) in [7, 11) is 0. The second-order valence-corrected chi connectivity index (χ2v) is 11.0. The van der Waals surface area contributed by atoms with Crippen LogP contribution in [0.4, 0.5) is 0 Å². The third-order valence-electron chi connectivity index (χ3n) is 8.92. The predicted molar refractivity (Wildman–Crippen MR) is 161 cm³/mol. The van der Waals surface area contributed by atoms with Gasteiger partial charge in [-0.25, -0.2) is 0 Å². The fraction of sp³-hybridized carbons (Fsp3) is 0.132. The van der Waals surface area contributed by atoms with Crippen LogP contribution in [0.25, 0.3) is 22.3 Å². The zero-order valence-corrected chi connectivity index (χ0v) is 22.1. The molecule has 4 aromatic carbocycles. The molecule has 0 bridgehead atoms. The van der Waals surface area contributed by atoms with Crippen molar-refractivity contribution in [3.05, 3.63) is 155 Å². The van der Waals surface area contributed by atoms with E-state index in [0.717, 1.165) is 30.8 Å². The number of hydrogen-bond donors (Lipinski definition) is 0. The third kappa shape index (κ3) is 3.22. The Balaban J connectivity index is 1.34. The van der Waals surface area contributed by atoms with E-state index in [2.05, 4.69) is 121 Å². The zero-order valence-electron chi connectivity index (χ0n) is 22.1. The first-order chi connectivity index (χ1) is 19.8. The molecule has 2 atom stereocenters. The summed E-state index contributed by atoms with van der Waals surface area (Å²) in [5.41, 5.74) is 12.2. The predicted octanol–water partition coefficient (Wildman–Crippen LogP) is 9.39. The maximum atomic E-state index is 9.27. The molecule has 1 spiro atoms. The van der Waals surface area contributed by atoms with Gasteiger partial charge in [-0.3, -0.25) is 0 Å². The molecule has 2 heteroatoms. The Morgan fingerprint density at radius 2 is 1.55 bits per heavy atom. The van der Waals surface area contributed by atoms with Crippen LogP contribution in [0.5, 0.6) is 11.5 Å². The number of para-hydroxylation sites is 1. The quantitative estimate of drug-likeness (QED) is 0.267. The Hall–Kier alpha value is -4.87. The van der Waals surface area contributed by atoms with E-state index in [-0.39, 0.29) is 5.92 Å². The largest absolute Gasteiger partial charge is 0.457 e. The Labute approximate surface area is 234 Å². The van der Waals surface area contributed by atoms with Crippen LogP contribution in [0.15, 0.2) is 127 Å². The molecule has 1 heterocycles. The molecule has 0 N–H and O–H groups in total. The molecular formula is C38H27NO. The monoisotopic (exact) mass is 513 g/mol. The fourth-order valence-electron chi connectivity index (χ4n) is 7.12. The molecule has 8 rings (SSSR count). The standard InChI is InChI=1S/C38H27NO/c39-24-25-16-18-26(19-17-25)27-8-7-9-28(22-27)29-20-21-37-35(23-29)38(34-14-5-6-15-36(34)40-37)32-12-3-1-10-30(32)31-11-2-4-13-33(31)38/h1,3-10,12-16,18-23,25H,2,11,17H2. The summed E-state index contributed by atoms with van der Waals surface area (Å²) in [6.07, 6.45) is 13.9. The highest BCUT2D eigenvalue weighted by Gasteiger charge is 2.51. The van der Waals surface area contributed by atoms with Gasteiger partial charge >= 0.3 is 0 Å². The Bertz CT molecular complexity index is 1880. The lowest BCUT2D eigenvalue weighted by Crippen LogP contribution is -2.33. The SMILES string of the molecule is N#CC1C=CC(c2cccc(-c3ccc4c(c3)C3(C5=C(CCC=C5)c5ccccc53)c3ccccc3O4)c2)=CC1. The molecule has 40 heavy (non-hydrogen) atoms. The number of hydrogen-bond acceptors (Lipinski definition) is 2. The summed E-state index contributed by atoms with van der Waals surface area (Å²) in [5.74, 6) is 1.81. The van der Waals surface area contributed by atoms with Crippen molar-refractivity contribution in [1.82, 2.24) is 0 Å². The van der Waals surface area contributed by atoms with Gasteiger partial charge in [-0.15, -0.1) is 0 Å². The highest BCUT2D eigenvalue weighted by Crippen LogP contribution is 2.62. The summed E-state index contributed by atoms with van der Waals surface area (Å²) in [6.45, 7) is 0. The van der Waals surface area contributed by atoms with E-state index in [1.807, 2.05) is 6.08 Å².